The van der Waals surface area contributed by atoms with Gasteiger partial charge >= 0.3 is 0 Å². The smallest absolute Gasteiger partial charge is 0.260 e. The second kappa shape index (κ2) is 10.6. The minimum Gasteiger partial charge on any atom is -0.618 e. The Morgan fingerprint density at radius 1 is 1.03 bits per heavy atom. The van der Waals surface area contributed by atoms with Gasteiger partial charge in [-0.2, -0.15) is 4.73 Å². The molecule has 7 heteroatoms. The molecule has 2 amide bonds. The van der Waals surface area contributed by atoms with Gasteiger partial charge in [0.1, 0.15) is 5.56 Å². The first-order valence-electron chi connectivity index (χ1n) is 13.5. The number of hydrogen-bond acceptors (Lipinski definition) is 4. The van der Waals surface area contributed by atoms with Crippen molar-refractivity contribution in [2.45, 2.75) is 52.0 Å². The number of fused-ring (bicyclic) bond motifs is 1. The monoisotopic (exact) mass is 490 g/mol. The highest BCUT2D eigenvalue weighted by Crippen LogP contribution is 2.33. The van der Waals surface area contributed by atoms with E-state index in [-0.39, 0.29) is 23.8 Å². The molecule has 1 aromatic carbocycles. The zero-order valence-electron chi connectivity index (χ0n) is 21.5. The molecule has 3 atom stereocenters. The standard InChI is InChI=1S/C29H38N4O3/c1-20-12-15-33(36)21(2)27(20)29(35)32-18-24-16-31(17-25(24)19-32)14-13-26(22-8-4-3-5-9-22)30-28(34)23-10-6-7-11-23/h3-5,8-9,12,15,23-26H,6-7,10-11,13-14,16-19H2,1-2H3,(H,30,34)/t24-,25?,26?/m0/s1. The fourth-order valence-electron chi connectivity index (χ4n) is 6.49. The van der Waals surface area contributed by atoms with Gasteiger partial charge in [-0.15, -0.1) is 0 Å². The van der Waals surface area contributed by atoms with E-state index in [1.807, 2.05) is 30.0 Å². The molecule has 2 aromatic rings. The van der Waals surface area contributed by atoms with Crippen molar-refractivity contribution in [3.63, 3.8) is 0 Å². The van der Waals surface area contributed by atoms with E-state index >= 15 is 0 Å². The molecule has 1 N–H and O–H groups in total. The van der Waals surface area contributed by atoms with Gasteiger partial charge in [0.05, 0.1) is 6.04 Å². The van der Waals surface area contributed by atoms with E-state index < -0.39 is 0 Å². The number of benzene rings is 1. The third kappa shape index (κ3) is 5.12. The van der Waals surface area contributed by atoms with Gasteiger partial charge in [-0.3, -0.25) is 9.59 Å². The van der Waals surface area contributed by atoms with Gasteiger partial charge in [0.2, 0.25) is 11.6 Å². The fourth-order valence-corrected chi connectivity index (χ4v) is 6.49. The second-order valence-electron chi connectivity index (χ2n) is 11.0. The molecule has 1 aromatic heterocycles. The van der Waals surface area contributed by atoms with Crippen LogP contribution in [0.4, 0.5) is 0 Å². The summed E-state index contributed by atoms with van der Waals surface area (Å²) in [6, 6.07) is 12.1. The maximum Gasteiger partial charge on any atom is 0.260 e. The molecule has 1 aliphatic carbocycles. The molecule has 3 fully saturated rings. The quantitative estimate of drug-likeness (QED) is 0.477. The lowest BCUT2D eigenvalue weighted by atomic mass is 10.0. The van der Waals surface area contributed by atoms with Crippen molar-refractivity contribution in [1.82, 2.24) is 15.1 Å². The van der Waals surface area contributed by atoms with Crippen molar-refractivity contribution in [2.75, 3.05) is 32.7 Å². The van der Waals surface area contributed by atoms with Gasteiger partial charge in [-0.05, 0) is 49.1 Å². The summed E-state index contributed by atoms with van der Waals surface area (Å²) in [6.45, 7) is 7.98. The van der Waals surface area contributed by atoms with Crippen molar-refractivity contribution in [1.29, 1.82) is 0 Å². The molecule has 192 valence electrons. The number of carbonyl (C=O) groups is 2. The average Bonchev–Trinajstić information content (AvgIpc) is 3.62. The van der Waals surface area contributed by atoms with Gasteiger partial charge in [-0.25, -0.2) is 0 Å². The Labute approximate surface area is 214 Å². The van der Waals surface area contributed by atoms with Crippen molar-refractivity contribution in [2.24, 2.45) is 17.8 Å². The lowest BCUT2D eigenvalue weighted by Gasteiger charge is -2.26. The first-order chi connectivity index (χ1) is 17.4. The molecule has 5 rings (SSSR count). The van der Waals surface area contributed by atoms with Crippen LogP contribution in [0.15, 0.2) is 42.6 Å². The van der Waals surface area contributed by atoms with Crippen LogP contribution in [0.3, 0.4) is 0 Å². The Kier molecular flexibility index (Phi) is 7.28. The van der Waals surface area contributed by atoms with Crippen LogP contribution in [0.2, 0.25) is 0 Å². The number of nitrogens with zero attached hydrogens (tertiary/aromatic N) is 3. The molecule has 3 heterocycles. The highest BCUT2D eigenvalue weighted by Gasteiger charge is 2.42. The van der Waals surface area contributed by atoms with Crippen LogP contribution in [-0.4, -0.2) is 54.3 Å². The number of nitrogens with one attached hydrogen (secondary N) is 1. The van der Waals surface area contributed by atoms with E-state index in [1.54, 1.807) is 13.0 Å². The minimum absolute atomic E-state index is 0.0186. The molecule has 0 spiro atoms. The maximum absolute atomic E-state index is 13.3. The normalized spacial score (nSPS) is 23.1. The number of rotatable bonds is 7. The van der Waals surface area contributed by atoms with E-state index in [9.17, 15) is 14.8 Å². The number of hydrogen-bond donors (Lipinski definition) is 1. The van der Waals surface area contributed by atoms with E-state index in [4.69, 9.17) is 0 Å². The first kappa shape index (κ1) is 24.8. The third-order valence-electron chi connectivity index (χ3n) is 8.59. The predicted octanol–water partition coefficient (Wildman–Crippen LogP) is 3.38. The van der Waals surface area contributed by atoms with Gasteiger partial charge in [0, 0.05) is 51.6 Å². The van der Waals surface area contributed by atoms with E-state index in [2.05, 4.69) is 22.3 Å². The van der Waals surface area contributed by atoms with Crippen LogP contribution in [0, 0.1) is 36.8 Å². The van der Waals surface area contributed by atoms with Gasteiger partial charge in [0.15, 0.2) is 6.20 Å². The molecule has 2 unspecified atom stereocenters. The summed E-state index contributed by atoms with van der Waals surface area (Å²) in [6.07, 6.45) is 6.69. The van der Waals surface area contributed by atoms with Crippen molar-refractivity contribution < 1.29 is 14.3 Å². The van der Waals surface area contributed by atoms with Crippen molar-refractivity contribution in [3.8, 4) is 0 Å². The predicted molar refractivity (Wildman–Crippen MR) is 138 cm³/mol. The number of pyridine rings is 1. The van der Waals surface area contributed by atoms with E-state index in [1.165, 1.54) is 11.8 Å². The molecule has 2 saturated heterocycles. The number of likely N-dealkylation sites (tertiary alicyclic amines) is 2. The summed E-state index contributed by atoms with van der Waals surface area (Å²) in [5.74, 6) is 1.27. The molecule has 0 bridgehead atoms. The lowest BCUT2D eigenvalue weighted by Crippen LogP contribution is -2.38. The zero-order chi connectivity index (χ0) is 25.2. The van der Waals surface area contributed by atoms with Gasteiger partial charge in [0.25, 0.3) is 5.91 Å². The summed E-state index contributed by atoms with van der Waals surface area (Å²) in [5.41, 5.74) is 3.05. The Morgan fingerprint density at radius 2 is 1.69 bits per heavy atom. The van der Waals surface area contributed by atoms with Crippen molar-refractivity contribution >= 4 is 11.8 Å². The zero-order valence-corrected chi connectivity index (χ0v) is 21.5. The summed E-state index contributed by atoms with van der Waals surface area (Å²) in [7, 11) is 0. The second-order valence-corrected chi connectivity index (χ2v) is 11.0. The molecule has 36 heavy (non-hydrogen) atoms. The summed E-state index contributed by atoms with van der Waals surface area (Å²) in [4.78, 5) is 30.6. The first-order valence-corrected chi connectivity index (χ1v) is 13.5. The summed E-state index contributed by atoms with van der Waals surface area (Å²) < 4.78 is 0.785. The summed E-state index contributed by atoms with van der Waals surface area (Å²) >= 11 is 0. The Morgan fingerprint density at radius 3 is 2.36 bits per heavy atom. The fraction of sp³-hybridized carbons (Fsp3) is 0.552. The molecule has 2 aliphatic heterocycles. The Bertz CT molecular complexity index is 1090. The molecule has 0 radical (unpaired) electrons. The van der Waals surface area contributed by atoms with E-state index in [0.29, 0.717) is 23.1 Å². The van der Waals surface area contributed by atoms with Crippen LogP contribution < -0.4 is 10.0 Å². The van der Waals surface area contributed by atoms with Crippen LogP contribution in [0.1, 0.15) is 65.3 Å². The van der Waals surface area contributed by atoms with Gasteiger partial charge < -0.3 is 20.3 Å². The van der Waals surface area contributed by atoms with Crippen molar-refractivity contribution in [3.05, 3.63) is 70.2 Å². The third-order valence-corrected chi connectivity index (χ3v) is 8.59. The van der Waals surface area contributed by atoms with E-state index in [0.717, 1.165) is 75.1 Å². The number of carbonyl (C=O) groups excluding carboxylic acids is 2. The van der Waals surface area contributed by atoms with Crippen LogP contribution in [0.5, 0.6) is 0 Å². The Hall–Kier alpha value is -2.93. The minimum atomic E-state index is -0.0186. The summed E-state index contributed by atoms with van der Waals surface area (Å²) in [5, 5.41) is 15.4. The van der Waals surface area contributed by atoms with Crippen LogP contribution >= 0.6 is 0 Å². The topological polar surface area (TPSA) is 79.6 Å². The average molecular weight is 491 g/mol. The Balaban J connectivity index is 1.17. The number of amides is 2. The SMILES string of the molecule is Cc1cc[n+]([O-])c(C)c1C(=O)N1CC2CN(CCC(NC(=O)C3CCCC3)c3ccccc3)C[C@H]2C1. The van der Waals surface area contributed by atoms with Crippen LogP contribution in [0.25, 0.3) is 0 Å². The maximum atomic E-state index is 13.3. The molecular formula is C29H38N4O3. The highest BCUT2D eigenvalue weighted by atomic mass is 16.5. The molecule has 7 nitrogen and oxygen atoms in total. The van der Waals surface area contributed by atoms with Gasteiger partial charge in [-0.1, -0.05) is 43.2 Å². The molecular weight excluding hydrogens is 452 g/mol. The molecule has 1 saturated carbocycles. The number of aromatic nitrogens is 1. The number of aryl methyl sites for hydroxylation is 1. The van der Waals surface area contributed by atoms with Crippen LogP contribution in [-0.2, 0) is 4.79 Å². The largest absolute Gasteiger partial charge is 0.618 e. The highest BCUT2D eigenvalue weighted by molar-refractivity contribution is 5.96. The lowest BCUT2D eigenvalue weighted by molar-refractivity contribution is -0.612. The molecule has 3 aliphatic rings.